The minimum absolute atomic E-state index is 0.0642. The summed E-state index contributed by atoms with van der Waals surface area (Å²) in [4.78, 5) is 0. The van der Waals surface area contributed by atoms with Crippen LogP contribution in [0.3, 0.4) is 0 Å². The van der Waals surface area contributed by atoms with E-state index in [1.807, 2.05) is 0 Å². The number of rotatable bonds is 5. The average molecular weight is 174 g/mol. The van der Waals surface area contributed by atoms with E-state index in [4.69, 9.17) is 0 Å². The molecule has 0 aromatic heterocycles. The van der Waals surface area contributed by atoms with Gasteiger partial charge in [-0.05, 0) is 6.92 Å². The number of likely N-dealkylation sites (N-methyl/N-ethyl adjacent to an activating group) is 1. The predicted molar refractivity (Wildman–Crippen MR) is 53.0 cm³/mol. The summed E-state index contributed by atoms with van der Waals surface area (Å²) in [5, 5.41) is 9.43. The molecule has 2 heteroatoms. The molecular weight excluding hydrogens is 150 g/mol. The Morgan fingerprint density at radius 1 is 1.08 bits per heavy atom. The molecule has 0 bridgehead atoms. The molecule has 12 heavy (non-hydrogen) atoms. The standard InChI is InChI=1S/C10H24NO/c1-6-10(7-2,9-12)11(4,5)8-3/h12H,6-9H2,1-5H3/q+1. The van der Waals surface area contributed by atoms with Crippen molar-refractivity contribution < 1.29 is 9.59 Å². The van der Waals surface area contributed by atoms with Crippen LogP contribution in [-0.2, 0) is 0 Å². The fourth-order valence-corrected chi connectivity index (χ4v) is 1.86. The van der Waals surface area contributed by atoms with Crippen LogP contribution in [0.2, 0.25) is 0 Å². The Kier molecular flexibility index (Phi) is 4.21. The molecule has 0 amide bonds. The van der Waals surface area contributed by atoms with Crippen LogP contribution >= 0.6 is 0 Å². The maximum Gasteiger partial charge on any atom is 0.122 e. The van der Waals surface area contributed by atoms with Gasteiger partial charge in [-0.15, -0.1) is 0 Å². The smallest absolute Gasteiger partial charge is 0.122 e. The van der Waals surface area contributed by atoms with Gasteiger partial charge in [-0.3, -0.25) is 0 Å². The van der Waals surface area contributed by atoms with E-state index in [1.54, 1.807) is 0 Å². The van der Waals surface area contributed by atoms with Crippen molar-refractivity contribution in [3.05, 3.63) is 0 Å². The Labute approximate surface area is 76.8 Å². The Bertz CT molecular complexity index is 120. The molecule has 74 valence electrons. The number of hydrogen-bond donors (Lipinski definition) is 1. The van der Waals surface area contributed by atoms with Crippen LogP contribution in [0.5, 0.6) is 0 Å². The summed E-state index contributed by atoms with van der Waals surface area (Å²) in [5.41, 5.74) is 0.0642. The molecule has 0 rings (SSSR count). The minimum atomic E-state index is 0.0642. The summed E-state index contributed by atoms with van der Waals surface area (Å²) in [6.45, 7) is 7.86. The summed E-state index contributed by atoms with van der Waals surface area (Å²) in [5.74, 6) is 0. The Morgan fingerprint density at radius 3 is 1.58 bits per heavy atom. The van der Waals surface area contributed by atoms with Gasteiger partial charge in [-0.1, -0.05) is 13.8 Å². The predicted octanol–water partition coefficient (Wildman–Crippen LogP) is 1.63. The van der Waals surface area contributed by atoms with Crippen molar-refractivity contribution in [3.8, 4) is 0 Å². The first kappa shape index (κ1) is 11.9. The lowest BCUT2D eigenvalue weighted by Gasteiger charge is -2.46. The third-order valence-electron chi connectivity index (χ3n) is 3.69. The van der Waals surface area contributed by atoms with Crippen LogP contribution < -0.4 is 0 Å². The first-order valence-corrected chi connectivity index (χ1v) is 4.93. The van der Waals surface area contributed by atoms with Crippen molar-refractivity contribution in [3.63, 3.8) is 0 Å². The van der Waals surface area contributed by atoms with E-state index < -0.39 is 0 Å². The molecule has 0 radical (unpaired) electrons. The van der Waals surface area contributed by atoms with Gasteiger partial charge in [0.2, 0.25) is 0 Å². The number of nitrogens with zero attached hydrogens (tertiary/aromatic N) is 1. The summed E-state index contributed by atoms with van der Waals surface area (Å²) < 4.78 is 0.913. The minimum Gasteiger partial charge on any atom is -0.390 e. The first-order valence-electron chi connectivity index (χ1n) is 4.93. The van der Waals surface area contributed by atoms with E-state index in [1.165, 1.54) is 0 Å². The maximum absolute atomic E-state index is 9.43. The van der Waals surface area contributed by atoms with E-state index in [-0.39, 0.29) is 5.54 Å². The van der Waals surface area contributed by atoms with Crippen LogP contribution in [0.4, 0.5) is 0 Å². The SMILES string of the molecule is CCC(CC)(CO)[N+](C)(C)CC. The lowest BCUT2D eigenvalue weighted by atomic mass is 9.89. The van der Waals surface area contributed by atoms with Crippen LogP contribution in [0.1, 0.15) is 33.6 Å². The monoisotopic (exact) mass is 174 g/mol. The van der Waals surface area contributed by atoms with Crippen LogP contribution in [-0.4, -0.2) is 42.4 Å². The topological polar surface area (TPSA) is 20.2 Å². The number of aliphatic hydroxyl groups is 1. The van der Waals surface area contributed by atoms with Gasteiger partial charge >= 0.3 is 0 Å². The second-order valence-corrected chi connectivity index (χ2v) is 4.09. The summed E-state index contributed by atoms with van der Waals surface area (Å²) >= 11 is 0. The van der Waals surface area contributed by atoms with E-state index in [0.29, 0.717) is 6.61 Å². The highest BCUT2D eigenvalue weighted by Crippen LogP contribution is 2.27. The lowest BCUT2D eigenvalue weighted by molar-refractivity contribution is -0.941. The van der Waals surface area contributed by atoms with Crippen molar-refractivity contribution in [2.45, 2.75) is 39.2 Å². The maximum atomic E-state index is 9.43. The molecule has 2 nitrogen and oxygen atoms in total. The fraction of sp³-hybridized carbons (Fsp3) is 1.00. The third kappa shape index (κ3) is 1.80. The molecule has 0 aliphatic carbocycles. The van der Waals surface area contributed by atoms with Gasteiger partial charge in [0.1, 0.15) is 5.54 Å². The average Bonchev–Trinajstić information content (AvgIpc) is 2.08. The number of hydrogen-bond acceptors (Lipinski definition) is 1. The molecule has 0 aromatic rings. The van der Waals surface area contributed by atoms with Crippen molar-refractivity contribution in [1.29, 1.82) is 0 Å². The summed E-state index contributed by atoms with van der Waals surface area (Å²) in [6.07, 6.45) is 2.08. The van der Waals surface area contributed by atoms with E-state index in [2.05, 4.69) is 34.9 Å². The van der Waals surface area contributed by atoms with Gasteiger partial charge in [-0.25, -0.2) is 0 Å². The second-order valence-electron chi connectivity index (χ2n) is 4.09. The first-order chi connectivity index (χ1) is 5.49. The number of aliphatic hydroxyl groups excluding tert-OH is 1. The van der Waals surface area contributed by atoms with Crippen molar-refractivity contribution >= 4 is 0 Å². The summed E-state index contributed by atoms with van der Waals surface area (Å²) in [7, 11) is 4.40. The normalized spacial score (nSPS) is 13.5. The molecule has 0 aromatic carbocycles. The largest absolute Gasteiger partial charge is 0.390 e. The van der Waals surface area contributed by atoms with Crippen LogP contribution in [0, 0.1) is 0 Å². The lowest BCUT2D eigenvalue weighted by Crippen LogP contribution is -2.61. The van der Waals surface area contributed by atoms with Crippen molar-refractivity contribution in [2.24, 2.45) is 0 Å². The third-order valence-corrected chi connectivity index (χ3v) is 3.69. The summed E-state index contributed by atoms with van der Waals surface area (Å²) in [6, 6.07) is 0. The zero-order valence-corrected chi connectivity index (χ0v) is 9.22. The van der Waals surface area contributed by atoms with Gasteiger partial charge in [0.25, 0.3) is 0 Å². The molecule has 0 aliphatic rings. The molecule has 0 unspecified atom stereocenters. The van der Waals surface area contributed by atoms with Gasteiger partial charge in [0.15, 0.2) is 0 Å². The molecule has 0 saturated carbocycles. The molecule has 0 fully saturated rings. The van der Waals surface area contributed by atoms with Gasteiger partial charge in [0, 0.05) is 12.8 Å². The Morgan fingerprint density at radius 2 is 1.50 bits per heavy atom. The number of quaternary nitrogens is 1. The zero-order valence-electron chi connectivity index (χ0n) is 9.22. The van der Waals surface area contributed by atoms with E-state index in [9.17, 15) is 5.11 Å². The molecule has 0 heterocycles. The molecule has 0 atom stereocenters. The molecule has 0 aliphatic heterocycles. The Hall–Kier alpha value is -0.0800. The molecule has 0 spiro atoms. The molecular formula is C10H24NO+. The Balaban J connectivity index is 4.69. The van der Waals surface area contributed by atoms with Gasteiger partial charge < -0.3 is 9.59 Å². The van der Waals surface area contributed by atoms with Gasteiger partial charge in [-0.2, -0.15) is 0 Å². The van der Waals surface area contributed by atoms with E-state index in [0.717, 1.165) is 23.9 Å². The van der Waals surface area contributed by atoms with Crippen molar-refractivity contribution in [1.82, 2.24) is 0 Å². The van der Waals surface area contributed by atoms with E-state index >= 15 is 0 Å². The van der Waals surface area contributed by atoms with Crippen molar-refractivity contribution in [2.75, 3.05) is 27.2 Å². The quantitative estimate of drug-likeness (QED) is 0.628. The highest BCUT2D eigenvalue weighted by atomic mass is 16.3. The molecule has 0 saturated heterocycles. The second kappa shape index (κ2) is 4.24. The van der Waals surface area contributed by atoms with Crippen LogP contribution in [0.25, 0.3) is 0 Å². The fourth-order valence-electron chi connectivity index (χ4n) is 1.86. The van der Waals surface area contributed by atoms with Crippen LogP contribution in [0.15, 0.2) is 0 Å². The highest BCUT2D eigenvalue weighted by Gasteiger charge is 2.40. The highest BCUT2D eigenvalue weighted by molar-refractivity contribution is 4.76. The zero-order chi connectivity index (χ0) is 9.83. The molecule has 1 N–H and O–H groups in total. The van der Waals surface area contributed by atoms with Gasteiger partial charge in [0.05, 0.1) is 27.2 Å².